The van der Waals surface area contributed by atoms with Gasteiger partial charge in [0.15, 0.2) is 0 Å². The van der Waals surface area contributed by atoms with Crippen LogP contribution >= 0.6 is 0 Å². The molecule has 0 radical (unpaired) electrons. The molecule has 0 heterocycles. The largest absolute Gasteiger partial charge is 0.530 e. The van der Waals surface area contributed by atoms with Gasteiger partial charge >= 0.3 is 6.09 Å². The molecule has 0 saturated heterocycles. The van der Waals surface area contributed by atoms with Crippen LogP contribution in [0.4, 0.5) is 21.0 Å². The second-order valence-electron chi connectivity index (χ2n) is 4.39. The monoisotopic (exact) mass is 299 g/mol. The summed E-state index contributed by atoms with van der Waals surface area (Å²) in [6.45, 7) is 1.92. The molecule has 6 nitrogen and oxygen atoms in total. The van der Waals surface area contributed by atoms with Crippen molar-refractivity contribution in [2.75, 3.05) is 16.8 Å². The Kier molecular flexibility index (Phi) is 4.98. The van der Waals surface area contributed by atoms with Gasteiger partial charge in [-0.2, -0.15) is 0 Å². The lowest BCUT2D eigenvalue weighted by Crippen LogP contribution is -2.41. The minimum atomic E-state index is -1.31. The summed E-state index contributed by atoms with van der Waals surface area (Å²) >= 11 is 0. The van der Waals surface area contributed by atoms with Crippen LogP contribution in [0.3, 0.4) is 0 Å². The molecule has 2 rings (SSSR count). The number of nitrogens with zero attached hydrogens (tertiary/aromatic N) is 1. The van der Waals surface area contributed by atoms with Crippen LogP contribution in [0.5, 0.6) is 5.75 Å². The van der Waals surface area contributed by atoms with Gasteiger partial charge in [0.05, 0.1) is 0 Å². The highest BCUT2D eigenvalue weighted by atomic mass is 16.6. The van der Waals surface area contributed by atoms with E-state index in [1.165, 1.54) is 6.07 Å². The Morgan fingerprint density at radius 3 is 2.50 bits per heavy atom. The van der Waals surface area contributed by atoms with Crippen LogP contribution in [-0.2, 0) is 0 Å². The fraction of sp³-hybridized carbons (Fsp3) is 0.125. The van der Waals surface area contributed by atoms with Gasteiger partial charge in [-0.1, -0.05) is 24.3 Å². The molecular weight excluding hydrogens is 284 g/mol. The Morgan fingerprint density at radius 1 is 1.14 bits per heavy atom. The number of benzene rings is 2. The number of hydrogen-bond acceptors (Lipinski definition) is 4. The quantitative estimate of drug-likeness (QED) is 0.940. The number of amides is 2. The zero-order chi connectivity index (χ0) is 15.9. The van der Waals surface area contributed by atoms with E-state index < -0.39 is 12.2 Å². The van der Waals surface area contributed by atoms with Gasteiger partial charge < -0.3 is 19.5 Å². The van der Waals surface area contributed by atoms with Crippen LogP contribution in [0, 0.1) is 0 Å². The fourth-order valence-electron chi connectivity index (χ4n) is 1.90. The van der Waals surface area contributed by atoms with Gasteiger partial charge in [0.1, 0.15) is 11.8 Å². The first-order chi connectivity index (χ1) is 10.6. The first-order valence-electron chi connectivity index (χ1n) is 6.72. The predicted octanol–water partition coefficient (Wildman–Crippen LogP) is 2.47. The highest BCUT2D eigenvalue weighted by Gasteiger charge is 2.09. The number of ether oxygens (including phenoxy) is 1. The lowest BCUT2D eigenvalue weighted by molar-refractivity contribution is -0.246. The van der Waals surface area contributed by atoms with Crippen molar-refractivity contribution in [3.05, 3.63) is 54.6 Å². The maximum Gasteiger partial charge on any atom is 0.417 e. The predicted molar refractivity (Wildman–Crippen MR) is 80.9 cm³/mol. The van der Waals surface area contributed by atoms with Crippen LogP contribution < -0.4 is 20.1 Å². The van der Waals surface area contributed by atoms with Gasteiger partial charge in [0.25, 0.3) is 0 Å². The Morgan fingerprint density at radius 2 is 1.86 bits per heavy atom. The summed E-state index contributed by atoms with van der Waals surface area (Å²) in [5, 5.41) is 13.6. The first kappa shape index (κ1) is 15.4. The minimum Gasteiger partial charge on any atom is -0.530 e. The lowest BCUT2D eigenvalue weighted by atomic mass is 10.3. The van der Waals surface area contributed by atoms with Gasteiger partial charge in [-0.25, -0.2) is 4.79 Å². The molecule has 0 spiro atoms. The Labute approximate surface area is 127 Å². The molecule has 2 aromatic carbocycles. The molecular formula is C16H15N2O4-. The van der Waals surface area contributed by atoms with Gasteiger partial charge in [0.2, 0.25) is 0 Å². The van der Waals surface area contributed by atoms with E-state index in [9.17, 15) is 14.7 Å². The van der Waals surface area contributed by atoms with E-state index in [1.807, 2.05) is 6.07 Å². The van der Waals surface area contributed by atoms with Gasteiger partial charge in [-0.3, -0.25) is 5.32 Å². The summed E-state index contributed by atoms with van der Waals surface area (Å²) in [4.78, 5) is 23.8. The van der Waals surface area contributed by atoms with Crippen molar-refractivity contribution in [1.29, 1.82) is 0 Å². The average Bonchev–Trinajstić information content (AvgIpc) is 2.49. The molecule has 0 fully saturated rings. The molecule has 0 bridgehead atoms. The zero-order valence-corrected chi connectivity index (χ0v) is 12.0. The second kappa shape index (κ2) is 7.12. The molecule has 0 unspecified atom stereocenters. The highest BCUT2D eigenvalue weighted by molar-refractivity contribution is 5.87. The Hall–Kier alpha value is -3.02. The number of anilines is 2. The van der Waals surface area contributed by atoms with E-state index in [1.54, 1.807) is 49.4 Å². The van der Waals surface area contributed by atoms with Crippen molar-refractivity contribution in [3.8, 4) is 5.75 Å². The molecule has 1 N–H and O–H groups in total. The standard InChI is InChI=1S/C16H16N2O4/c1-2-18(16(20)21)13-9-6-10-14(11-13)22-15(19)17-12-7-4-3-5-8-12/h3-11H,2H2,1H3,(H,17,19)(H,20,21)/p-1. The maximum absolute atomic E-state index is 11.8. The Balaban J connectivity index is 2.07. The number of hydrogen-bond donors (Lipinski definition) is 1. The molecule has 6 heteroatoms. The summed E-state index contributed by atoms with van der Waals surface area (Å²) in [5.74, 6) is 0.241. The molecule has 0 aliphatic rings. The molecule has 0 saturated carbocycles. The van der Waals surface area contributed by atoms with E-state index in [0.29, 0.717) is 11.4 Å². The average molecular weight is 299 g/mol. The van der Waals surface area contributed by atoms with Gasteiger partial charge in [0, 0.05) is 24.0 Å². The SMILES string of the molecule is CCN(C(=O)[O-])c1cccc(OC(=O)Nc2ccccc2)c1. The first-order valence-corrected chi connectivity index (χ1v) is 6.72. The number of carbonyl (C=O) groups is 2. The van der Waals surface area contributed by atoms with Crippen LogP contribution in [-0.4, -0.2) is 18.7 Å². The molecule has 0 aliphatic heterocycles. The van der Waals surface area contributed by atoms with Crippen molar-refractivity contribution in [3.63, 3.8) is 0 Å². The van der Waals surface area contributed by atoms with E-state index in [4.69, 9.17) is 4.74 Å². The summed E-state index contributed by atoms with van der Waals surface area (Å²) in [6.07, 6.45) is -1.96. The molecule has 2 aromatic rings. The van der Waals surface area contributed by atoms with Crippen molar-refractivity contribution >= 4 is 23.6 Å². The van der Waals surface area contributed by atoms with Crippen LogP contribution in [0.15, 0.2) is 54.6 Å². The molecule has 22 heavy (non-hydrogen) atoms. The molecule has 2 amide bonds. The smallest absolute Gasteiger partial charge is 0.417 e. The van der Waals surface area contributed by atoms with Gasteiger partial charge in [-0.15, -0.1) is 0 Å². The third-order valence-corrected chi connectivity index (χ3v) is 2.90. The van der Waals surface area contributed by atoms with Crippen molar-refractivity contribution in [2.24, 2.45) is 0 Å². The van der Waals surface area contributed by atoms with Crippen molar-refractivity contribution in [1.82, 2.24) is 0 Å². The number of para-hydroxylation sites is 1. The van der Waals surface area contributed by atoms with Crippen LogP contribution in [0.25, 0.3) is 0 Å². The minimum absolute atomic E-state index is 0.238. The van der Waals surface area contributed by atoms with E-state index >= 15 is 0 Å². The van der Waals surface area contributed by atoms with Crippen LogP contribution in [0.2, 0.25) is 0 Å². The van der Waals surface area contributed by atoms with Gasteiger partial charge in [-0.05, 0) is 31.2 Å². The third-order valence-electron chi connectivity index (χ3n) is 2.90. The van der Waals surface area contributed by atoms with E-state index in [-0.39, 0.29) is 12.3 Å². The molecule has 0 aromatic heterocycles. The summed E-state index contributed by atoms with van der Waals surface area (Å²) in [6, 6.07) is 15.1. The van der Waals surface area contributed by atoms with Crippen LogP contribution in [0.1, 0.15) is 6.92 Å². The second-order valence-corrected chi connectivity index (χ2v) is 4.39. The lowest BCUT2D eigenvalue weighted by Gasteiger charge is -2.23. The van der Waals surface area contributed by atoms with E-state index in [2.05, 4.69) is 5.32 Å². The topological polar surface area (TPSA) is 81.7 Å². The van der Waals surface area contributed by atoms with Crippen molar-refractivity contribution in [2.45, 2.75) is 6.92 Å². The normalized spacial score (nSPS) is 9.86. The molecule has 114 valence electrons. The summed E-state index contributed by atoms with van der Waals surface area (Å²) < 4.78 is 5.14. The van der Waals surface area contributed by atoms with Crippen molar-refractivity contribution < 1.29 is 19.4 Å². The molecule has 0 atom stereocenters. The maximum atomic E-state index is 11.8. The zero-order valence-electron chi connectivity index (χ0n) is 12.0. The number of carbonyl (C=O) groups excluding carboxylic acids is 2. The number of carboxylic acid groups (broad SMARTS) is 1. The number of nitrogens with one attached hydrogen (secondary N) is 1. The Bertz CT molecular complexity index is 658. The summed E-state index contributed by atoms with van der Waals surface area (Å²) in [7, 11) is 0. The number of rotatable bonds is 4. The van der Waals surface area contributed by atoms with E-state index in [0.717, 1.165) is 4.90 Å². The fourth-order valence-corrected chi connectivity index (χ4v) is 1.90. The third kappa shape index (κ3) is 3.99. The molecule has 0 aliphatic carbocycles. The summed E-state index contributed by atoms with van der Waals surface area (Å²) in [5.41, 5.74) is 0.987. The highest BCUT2D eigenvalue weighted by Crippen LogP contribution is 2.21.